The highest BCUT2D eigenvalue weighted by molar-refractivity contribution is 6.04. The maximum Gasteiger partial charge on any atom is 0.255 e. The van der Waals surface area contributed by atoms with Gasteiger partial charge in [0.1, 0.15) is 5.75 Å². The van der Waals surface area contributed by atoms with Gasteiger partial charge in [-0.25, -0.2) is 4.98 Å². The molecule has 0 atom stereocenters. The Morgan fingerprint density at radius 1 is 0.926 bits per heavy atom. The number of amides is 1. The monoisotopic (exact) mass is 359 g/mol. The quantitative estimate of drug-likeness (QED) is 0.581. The fraction of sp³-hybridized carbons (Fsp3) is 0. The third kappa shape index (κ3) is 3.96. The van der Waals surface area contributed by atoms with Crippen LogP contribution in [0.25, 0.3) is 11.6 Å². The number of rotatable bonds is 5. The Labute approximate surface area is 153 Å². The summed E-state index contributed by atoms with van der Waals surface area (Å²) in [6.45, 7) is 0. The van der Waals surface area contributed by atoms with Gasteiger partial charge in [0.25, 0.3) is 5.91 Å². The summed E-state index contributed by atoms with van der Waals surface area (Å²) in [6, 6.07) is 13.6. The first-order chi connectivity index (χ1) is 13.3. The molecule has 0 spiro atoms. The van der Waals surface area contributed by atoms with E-state index >= 15 is 0 Å². The molecule has 0 aliphatic heterocycles. The van der Waals surface area contributed by atoms with Crippen LogP contribution in [0.3, 0.4) is 0 Å². The summed E-state index contributed by atoms with van der Waals surface area (Å²) in [5.74, 6) is 1.56. The van der Waals surface area contributed by atoms with E-state index in [1.54, 1.807) is 67.1 Å². The summed E-state index contributed by atoms with van der Waals surface area (Å²) in [4.78, 5) is 24.4. The van der Waals surface area contributed by atoms with Crippen LogP contribution in [0.1, 0.15) is 10.4 Å². The van der Waals surface area contributed by atoms with Crippen molar-refractivity contribution in [2.24, 2.45) is 0 Å². The maximum absolute atomic E-state index is 12.1. The zero-order valence-electron chi connectivity index (χ0n) is 13.9. The van der Waals surface area contributed by atoms with Gasteiger partial charge in [0.2, 0.25) is 17.5 Å². The van der Waals surface area contributed by atoms with E-state index in [4.69, 9.17) is 9.26 Å². The Bertz CT molecular complexity index is 1030. The van der Waals surface area contributed by atoms with Crippen LogP contribution in [0, 0.1) is 0 Å². The van der Waals surface area contributed by atoms with E-state index in [2.05, 4.69) is 25.4 Å². The van der Waals surface area contributed by atoms with Crippen LogP contribution >= 0.6 is 0 Å². The number of aromatic nitrogens is 4. The molecule has 0 saturated heterocycles. The molecule has 0 aliphatic carbocycles. The van der Waals surface area contributed by atoms with Crippen LogP contribution in [0.15, 0.2) is 77.8 Å². The van der Waals surface area contributed by atoms with E-state index in [-0.39, 0.29) is 5.91 Å². The van der Waals surface area contributed by atoms with E-state index in [1.165, 1.54) is 6.20 Å². The molecule has 0 bridgehead atoms. The Morgan fingerprint density at radius 2 is 1.74 bits per heavy atom. The molecular weight excluding hydrogens is 346 g/mol. The van der Waals surface area contributed by atoms with Gasteiger partial charge in [-0.3, -0.25) is 9.78 Å². The number of hydrogen-bond acceptors (Lipinski definition) is 7. The lowest BCUT2D eigenvalue weighted by molar-refractivity contribution is 0.102. The van der Waals surface area contributed by atoms with E-state index in [0.29, 0.717) is 34.5 Å². The lowest BCUT2D eigenvalue weighted by atomic mass is 10.2. The van der Waals surface area contributed by atoms with E-state index in [9.17, 15) is 4.79 Å². The molecule has 3 heterocycles. The van der Waals surface area contributed by atoms with Crippen LogP contribution in [-0.2, 0) is 0 Å². The summed E-state index contributed by atoms with van der Waals surface area (Å²) in [5, 5.41) is 6.44. The van der Waals surface area contributed by atoms with Gasteiger partial charge < -0.3 is 14.6 Å². The number of nitrogens with one attached hydrogen (secondary N) is 1. The number of ether oxygens (including phenoxy) is 1. The first-order valence-corrected chi connectivity index (χ1v) is 8.01. The molecule has 0 radical (unpaired) electrons. The molecule has 1 aromatic carbocycles. The fourth-order valence-electron chi connectivity index (χ4n) is 2.28. The topological polar surface area (TPSA) is 103 Å². The number of carbonyl (C=O) groups excluding carboxylic acids is 1. The molecule has 4 aromatic rings. The molecule has 4 rings (SSSR count). The minimum Gasteiger partial charge on any atom is -0.439 e. The average Bonchev–Trinajstić information content (AvgIpc) is 3.25. The van der Waals surface area contributed by atoms with Crippen molar-refractivity contribution < 1.29 is 14.1 Å². The van der Waals surface area contributed by atoms with Gasteiger partial charge in [0.05, 0.1) is 6.20 Å². The molecule has 8 nitrogen and oxygen atoms in total. The minimum atomic E-state index is -0.210. The summed E-state index contributed by atoms with van der Waals surface area (Å²) < 4.78 is 10.8. The maximum atomic E-state index is 12.1. The van der Waals surface area contributed by atoms with E-state index in [0.717, 1.165) is 0 Å². The number of nitrogens with zero attached hydrogens (tertiary/aromatic N) is 4. The van der Waals surface area contributed by atoms with Gasteiger partial charge in [-0.05, 0) is 36.4 Å². The second-order valence-electron chi connectivity index (χ2n) is 5.41. The summed E-state index contributed by atoms with van der Waals surface area (Å²) in [7, 11) is 0. The molecule has 1 N–H and O–H groups in total. The van der Waals surface area contributed by atoms with Crippen LogP contribution in [-0.4, -0.2) is 26.0 Å². The zero-order valence-corrected chi connectivity index (χ0v) is 13.9. The van der Waals surface area contributed by atoms with Crippen molar-refractivity contribution in [3.05, 3.63) is 78.9 Å². The predicted molar refractivity (Wildman–Crippen MR) is 96.2 cm³/mol. The van der Waals surface area contributed by atoms with Gasteiger partial charge in [-0.1, -0.05) is 5.16 Å². The van der Waals surface area contributed by atoms with Gasteiger partial charge in [0, 0.05) is 42.0 Å². The zero-order chi connectivity index (χ0) is 18.5. The van der Waals surface area contributed by atoms with Crippen LogP contribution < -0.4 is 10.1 Å². The van der Waals surface area contributed by atoms with Crippen molar-refractivity contribution in [1.82, 2.24) is 20.1 Å². The van der Waals surface area contributed by atoms with Crippen molar-refractivity contribution in [1.29, 1.82) is 0 Å². The minimum absolute atomic E-state index is 0.210. The van der Waals surface area contributed by atoms with Gasteiger partial charge in [-0.2, -0.15) is 4.98 Å². The first-order valence-electron chi connectivity index (χ1n) is 8.01. The standard InChI is InChI=1S/C19H13N5O3/c25-19(13-5-9-20-10-6-13)23-14-1-3-15(4-2-14)26-17-8-11-21-18(24-17)16-7-12-22-27-16/h1-12H,(H,23,25). The molecule has 3 aromatic heterocycles. The SMILES string of the molecule is O=C(Nc1ccc(Oc2ccnc(-c3ccno3)n2)cc1)c1ccncc1. The fourth-order valence-corrected chi connectivity index (χ4v) is 2.28. The number of benzene rings is 1. The lowest BCUT2D eigenvalue weighted by Crippen LogP contribution is -2.11. The van der Waals surface area contributed by atoms with Crippen LogP contribution in [0.4, 0.5) is 5.69 Å². The molecule has 132 valence electrons. The number of hydrogen-bond donors (Lipinski definition) is 1. The summed E-state index contributed by atoms with van der Waals surface area (Å²) in [5.41, 5.74) is 1.18. The molecule has 0 saturated carbocycles. The second kappa shape index (κ2) is 7.44. The smallest absolute Gasteiger partial charge is 0.255 e. The highest BCUT2D eigenvalue weighted by atomic mass is 16.5. The molecular formula is C19H13N5O3. The van der Waals surface area contributed by atoms with E-state index in [1.807, 2.05) is 0 Å². The van der Waals surface area contributed by atoms with Crippen LogP contribution in [0.5, 0.6) is 11.6 Å². The van der Waals surface area contributed by atoms with Crippen molar-refractivity contribution in [3.63, 3.8) is 0 Å². The van der Waals surface area contributed by atoms with Gasteiger partial charge >= 0.3 is 0 Å². The molecule has 0 aliphatic rings. The average molecular weight is 359 g/mol. The Kier molecular flexibility index (Phi) is 4.52. The summed E-state index contributed by atoms with van der Waals surface area (Å²) >= 11 is 0. The van der Waals surface area contributed by atoms with Crippen LogP contribution in [0.2, 0.25) is 0 Å². The molecule has 27 heavy (non-hydrogen) atoms. The Hall–Kier alpha value is -4.07. The number of carbonyl (C=O) groups is 1. The third-order valence-electron chi connectivity index (χ3n) is 3.57. The number of pyridine rings is 1. The Morgan fingerprint density at radius 3 is 2.48 bits per heavy atom. The van der Waals surface area contributed by atoms with Gasteiger partial charge in [-0.15, -0.1) is 0 Å². The van der Waals surface area contributed by atoms with Crippen molar-refractivity contribution in [3.8, 4) is 23.2 Å². The highest BCUT2D eigenvalue weighted by Crippen LogP contribution is 2.23. The number of anilines is 1. The molecule has 0 unspecified atom stereocenters. The lowest BCUT2D eigenvalue weighted by Gasteiger charge is -2.08. The van der Waals surface area contributed by atoms with Crippen molar-refractivity contribution in [2.45, 2.75) is 0 Å². The third-order valence-corrected chi connectivity index (χ3v) is 3.57. The van der Waals surface area contributed by atoms with E-state index < -0.39 is 0 Å². The Balaban J connectivity index is 1.44. The largest absolute Gasteiger partial charge is 0.439 e. The van der Waals surface area contributed by atoms with Gasteiger partial charge in [0.15, 0.2) is 0 Å². The normalized spacial score (nSPS) is 10.4. The summed E-state index contributed by atoms with van der Waals surface area (Å²) in [6.07, 6.45) is 6.23. The molecule has 8 heteroatoms. The van der Waals surface area contributed by atoms with Crippen molar-refractivity contribution >= 4 is 11.6 Å². The highest BCUT2D eigenvalue weighted by Gasteiger charge is 2.08. The molecule has 1 amide bonds. The second-order valence-corrected chi connectivity index (χ2v) is 5.41. The van der Waals surface area contributed by atoms with Crippen molar-refractivity contribution in [2.75, 3.05) is 5.32 Å². The molecule has 0 fully saturated rings. The predicted octanol–water partition coefficient (Wildman–Crippen LogP) is 3.57. The first kappa shape index (κ1) is 16.4.